The second-order valence-electron chi connectivity index (χ2n) is 5.77. The maximum Gasteiger partial charge on any atom is 0.192 e. The maximum absolute atomic E-state index is 12.8. The van der Waals surface area contributed by atoms with Crippen LogP contribution in [0.2, 0.25) is 5.02 Å². The lowest BCUT2D eigenvalue weighted by Gasteiger charge is -2.21. The van der Waals surface area contributed by atoms with Crippen molar-refractivity contribution in [3.8, 4) is 5.75 Å². The van der Waals surface area contributed by atoms with Crippen LogP contribution in [0.25, 0.3) is 0 Å². The molecule has 0 saturated carbocycles. The zero-order valence-corrected chi connectivity index (χ0v) is 16.5. The van der Waals surface area contributed by atoms with Gasteiger partial charge in [0, 0.05) is 23.3 Å². The summed E-state index contributed by atoms with van der Waals surface area (Å²) < 4.78 is 5.26. The second-order valence-corrected chi connectivity index (χ2v) is 7.24. The number of carbonyl (C=O) groups is 2. The third-order valence-corrected chi connectivity index (χ3v) is 5.51. The first-order valence-electron chi connectivity index (χ1n) is 8.15. The fourth-order valence-electron chi connectivity index (χ4n) is 2.61. The average molecular weight is 380 g/mol. The third-order valence-electron chi connectivity index (χ3n) is 3.94. The van der Waals surface area contributed by atoms with E-state index in [1.165, 1.54) is 18.9 Å². The third kappa shape index (κ3) is 4.47. The van der Waals surface area contributed by atoms with Crippen molar-refractivity contribution in [3.63, 3.8) is 0 Å². The summed E-state index contributed by atoms with van der Waals surface area (Å²) >= 11 is 7.37. The summed E-state index contributed by atoms with van der Waals surface area (Å²) in [6.07, 6.45) is 3.58. The van der Waals surface area contributed by atoms with Crippen molar-refractivity contribution in [1.29, 1.82) is 0 Å². The van der Waals surface area contributed by atoms with E-state index in [4.69, 9.17) is 16.3 Å². The molecule has 0 saturated heterocycles. The van der Waals surface area contributed by atoms with E-state index in [0.29, 0.717) is 21.2 Å². The van der Waals surface area contributed by atoms with Gasteiger partial charge in [-0.2, -0.15) is 0 Å². The van der Waals surface area contributed by atoms with Gasteiger partial charge in [-0.25, -0.2) is 0 Å². The normalized spacial score (nSPS) is 15.9. The van der Waals surface area contributed by atoms with Gasteiger partial charge in [0.25, 0.3) is 0 Å². The van der Waals surface area contributed by atoms with Crippen molar-refractivity contribution < 1.29 is 14.3 Å². The number of hydrogen-bond acceptors (Lipinski definition) is 5. The molecular formula is C19H22ClNO3S. The van der Waals surface area contributed by atoms with Crippen LogP contribution in [0.5, 0.6) is 5.75 Å². The van der Waals surface area contributed by atoms with E-state index in [0.717, 1.165) is 30.1 Å². The lowest BCUT2D eigenvalue weighted by Crippen LogP contribution is -2.18. The Morgan fingerprint density at radius 1 is 1.36 bits per heavy atom. The highest BCUT2D eigenvalue weighted by Gasteiger charge is 2.28. The van der Waals surface area contributed by atoms with Crippen molar-refractivity contribution in [3.05, 3.63) is 50.5 Å². The summed E-state index contributed by atoms with van der Waals surface area (Å²) in [5, 5.41) is 1.24. The molecule has 0 N–H and O–H groups in total. The molecule has 6 heteroatoms. The van der Waals surface area contributed by atoms with Crippen molar-refractivity contribution in [1.82, 2.24) is 4.90 Å². The lowest BCUT2D eigenvalue weighted by atomic mass is 10.1. The van der Waals surface area contributed by atoms with E-state index < -0.39 is 0 Å². The number of halogens is 1. The monoisotopic (exact) mass is 379 g/mol. The minimum Gasteiger partial charge on any atom is -0.496 e. The quantitative estimate of drug-likeness (QED) is 0.490. The first-order chi connectivity index (χ1) is 11.9. The predicted octanol–water partition coefficient (Wildman–Crippen LogP) is 5.04. The molecule has 0 amide bonds. The number of nitrogens with zero attached hydrogens (tertiary/aromatic N) is 1. The van der Waals surface area contributed by atoms with E-state index in [1.54, 1.807) is 31.2 Å². The van der Waals surface area contributed by atoms with Gasteiger partial charge in [-0.05, 0) is 38.5 Å². The molecule has 0 atom stereocenters. The minimum absolute atomic E-state index is 0.0141. The fourth-order valence-corrected chi connectivity index (χ4v) is 3.90. The van der Waals surface area contributed by atoms with Crippen LogP contribution >= 0.6 is 23.4 Å². The first-order valence-corrected chi connectivity index (χ1v) is 9.35. The summed E-state index contributed by atoms with van der Waals surface area (Å²) in [4.78, 5) is 27.4. The van der Waals surface area contributed by atoms with Gasteiger partial charge in [0.1, 0.15) is 5.75 Å². The Morgan fingerprint density at radius 2 is 2.08 bits per heavy atom. The Kier molecular flexibility index (Phi) is 6.73. The molecule has 0 spiro atoms. The van der Waals surface area contributed by atoms with Crippen molar-refractivity contribution >= 4 is 34.9 Å². The molecule has 1 aromatic rings. The zero-order valence-electron chi connectivity index (χ0n) is 14.9. The number of carbonyl (C=O) groups excluding carboxylic acids is 2. The molecule has 4 nitrogen and oxygen atoms in total. The van der Waals surface area contributed by atoms with Gasteiger partial charge in [-0.15, -0.1) is 0 Å². The number of unbranched alkanes of at least 4 members (excludes halogenated alkanes) is 1. The highest BCUT2D eigenvalue weighted by Crippen LogP contribution is 2.42. The van der Waals surface area contributed by atoms with Gasteiger partial charge in [0.15, 0.2) is 11.6 Å². The van der Waals surface area contributed by atoms with Crippen LogP contribution in [0.4, 0.5) is 0 Å². The number of hydrogen-bond donors (Lipinski definition) is 0. The van der Waals surface area contributed by atoms with Crippen molar-refractivity contribution in [2.45, 2.75) is 33.6 Å². The molecule has 1 aliphatic rings. The van der Waals surface area contributed by atoms with Gasteiger partial charge < -0.3 is 9.64 Å². The van der Waals surface area contributed by atoms with Crippen LogP contribution in [0, 0.1) is 0 Å². The van der Waals surface area contributed by atoms with Crippen LogP contribution in [0.3, 0.4) is 0 Å². The van der Waals surface area contributed by atoms with E-state index in [1.807, 2.05) is 11.8 Å². The first kappa shape index (κ1) is 19.6. The zero-order chi connectivity index (χ0) is 18.6. The maximum atomic E-state index is 12.8. The number of Topliss-reactive ketones (excluding diaryl/α,β-unsaturated/α-hetero) is 1. The van der Waals surface area contributed by atoms with E-state index in [-0.39, 0.29) is 11.6 Å². The Hall–Kier alpha value is -1.72. The van der Waals surface area contributed by atoms with E-state index in [9.17, 15) is 9.59 Å². The SMILES string of the molecule is CCCCN1C(=CC(=O)c2cc(Cl)ccc2OC)SC(C(C)=O)=C1C. The summed E-state index contributed by atoms with van der Waals surface area (Å²) in [7, 11) is 1.52. The van der Waals surface area contributed by atoms with Crippen molar-refractivity contribution in [2.75, 3.05) is 13.7 Å². The van der Waals surface area contributed by atoms with Crippen LogP contribution < -0.4 is 4.74 Å². The van der Waals surface area contributed by atoms with E-state index >= 15 is 0 Å². The van der Waals surface area contributed by atoms with Gasteiger partial charge in [-0.3, -0.25) is 9.59 Å². The fraction of sp³-hybridized carbons (Fsp3) is 0.368. The molecule has 134 valence electrons. The van der Waals surface area contributed by atoms with Crippen LogP contribution in [-0.2, 0) is 4.79 Å². The summed E-state index contributed by atoms with van der Waals surface area (Å²) in [6, 6.07) is 4.96. The summed E-state index contributed by atoms with van der Waals surface area (Å²) in [5.41, 5.74) is 1.32. The predicted molar refractivity (Wildman–Crippen MR) is 103 cm³/mol. The van der Waals surface area contributed by atoms with Gasteiger partial charge in [0.2, 0.25) is 0 Å². The molecule has 0 bridgehead atoms. The molecule has 0 aromatic heterocycles. The Balaban J connectivity index is 2.37. The standard InChI is InChI=1S/C19H22ClNO3S/c1-5-6-9-21-12(2)19(13(3)22)25-18(21)11-16(23)15-10-14(20)7-8-17(15)24-4/h7-8,10-11H,5-6,9H2,1-4H3. The number of benzene rings is 1. The molecule has 1 aromatic carbocycles. The van der Waals surface area contributed by atoms with Gasteiger partial charge in [0.05, 0.1) is 22.6 Å². The molecule has 0 unspecified atom stereocenters. The lowest BCUT2D eigenvalue weighted by molar-refractivity contribution is -0.113. The molecule has 0 aliphatic carbocycles. The van der Waals surface area contributed by atoms with Crippen LogP contribution in [0.15, 0.2) is 39.9 Å². The largest absolute Gasteiger partial charge is 0.496 e. The molecular weight excluding hydrogens is 358 g/mol. The number of ether oxygens (including phenoxy) is 1. The molecule has 25 heavy (non-hydrogen) atoms. The topological polar surface area (TPSA) is 46.6 Å². The van der Waals surface area contributed by atoms with E-state index in [2.05, 4.69) is 6.92 Å². The molecule has 0 radical (unpaired) electrons. The Labute approximate surface area is 157 Å². The Bertz CT molecular complexity index is 755. The molecule has 0 fully saturated rings. The average Bonchev–Trinajstić information content (AvgIpc) is 2.88. The van der Waals surface area contributed by atoms with Gasteiger partial charge in [-0.1, -0.05) is 36.7 Å². The number of rotatable bonds is 7. The molecule has 2 rings (SSSR count). The van der Waals surface area contributed by atoms with Crippen molar-refractivity contribution in [2.24, 2.45) is 0 Å². The number of ketones is 2. The van der Waals surface area contributed by atoms with Crippen LogP contribution in [0.1, 0.15) is 44.0 Å². The highest BCUT2D eigenvalue weighted by atomic mass is 35.5. The second kappa shape index (κ2) is 8.59. The number of allylic oxidation sites excluding steroid dienone is 3. The molecule has 1 heterocycles. The smallest absolute Gasteiger partial charge is 0.192 e. The van der Waals surface area contributed by atoms with Crippen LogP contribution in [-0.4, -0.2) is 30.1 Å². The summed E-state index contributed by atoms with van der Waals surface area (Å²) in [6.45, 7) is 6.36. The van der Waals surface area contributed by atoms with Gasteiger partial charge >= 0.3 is 0 Å². The minimum atomic E-state index is -0.194. The molecule has 1 aliphatic heterocycles. The highest BCUT2D eigenvalue weighted by molar-refractivity contribution is 8.07. The summed E-state index contributed by atoms with van der Waals surface area (Å²) in [5.74, 6) is 0.298. The Morgan fingerprint density at radius 3 is 2.68 bits per heavy atom. The number of methoxy groups -OCH3 is 1. The number of thioether (sulfide) groups is 1.